The summed E-state index contributed by atoms with van der Waals surface area (Å²) in [6.07, 6.45) is 3.87. The van der Waals surface area contributed by atoms with Crippen LogP contribution in [0.25, 0.3) is 11.7 Å². The van der Waals surface area contributed by atoms with Crippen LogP contribution in [0, 0.1) is 5.92 Å². The van der Waals surface area contributed by atoms with Crippen molar-refractivity contribution in [2.45, 2.75) is 32.4 Å². The highest BCUT2D eigenvalue weighted by atomic mass is 16.5. The maximum absolute atomic E-state index is 5.95. The highest BCUT2D eigenvalue weighted by molar-refractivity contribution is 5.42. The zero-order valence-electron chi connectivity index (χ0n) is 11.7. The summed E-state index contributed by atoms with van der Waals surface area (Å²) in [7, 11) is 0. The molecule has 0 saturated carbocycles. The fraction of sp³-hybridized carbons (Fsp3) is 0.571. The molecule has 2 aromatic heterocycles. The van der Waals surface area contributed by atoms with Crippen LogP contribution >= 0.6 is 0 Å². The van der Waals surface area contributed by atoms with E-state index >= 15 is 0 Å². The quantitative estimate of drug-likeness (QED) is 0.918. The number of aromatic nitrogens is 2. The van der Waals surface area contributed by atoms with Crippen molar-refractivity contribution < 1.29 is 8.94 Å². The van der Waals surface area contributed by atoms with Gasteiger partial charge in [0.1, 0.15) is 0 Å². The molecule has 0 spiro atoms. The second kappa shape index (κ2) is 5.76. The van der Waals surface area contributed by atoms with E-state index in [0.29, 0.717) is 23.4 Å². The summed E-state index contributed by atoms with van der Waals surface area (Å²) < 4.78 is 10.4. The van der Waals surface area contributed by atoms with Crippen LogP contribution in [0.3, 0.4) is 0 Å². The Balaban J connectivity index is 1.57. The molecule has 2 aromatic rings. The van der Waals surface area contributed by atoms with E-state index in [1.165, 1.54) is 0 Å². The number of hydrogen-bond acceptors (Lipinski definition) is 6. The summed E-state index contributed by atoms with van der Waals surface area (Å²) in [5.74, 6) is 2.39. The minimum Gasteiger partial charge on any atom is -0.459 e. The number of hydrogen-bond donors (Lipinski definition) is 1. The van der Waals surface area contributed by atoms with Crippen LogP contribution in [0.4, 0.5) is 0 Å². The predicted octanol–water partition coefficient (Wildman–Crippen LogP) is 1.89. The molecule has 0 radical (unpaired) electrons. The van der Waals surface area contributed by atoms with Gasteiger partial charge in [0.05, 0.1) is 12.8 Å². The lowest BCUT2D eigenvalue weighted by molar-refractivity contribution is 0.161. The molecule has 1 aliphatic rings. The lowest BCUT2D eigenvalue weighted by Gasteiger charge is -2.32. The molecule has 1 saturated heterocycles. The molecule has 6 nitrogen and oxygen atoms in total. The molecule has 1 unspecified atom stereocenters. The summed E-state index contributed by atoms with van der Waals surface area (Å²) in [5, 5.41) is 4.01. The first-order chi connectivity index (χ1) is 9.72. The van der Waals surface area contributed by atoms with Crippen LogP contribution in [-0.4, -0.2) is 34.2 Å². The van der Waals surface area contributed by atoms with Crippen molar-refractivity contribution in [3.63, 3.8) is 0 Å². The molecule has 20 heavy (non-hydrogen) atoms. The maximum Gasteiger partial charge on any atom is 0.293 e. The second-order valence-corrected chi connectivity index (χ2v) is 5.47. The van der Waals surface area contributed by atoms with Gasteiger partial charge in [0.2, 0.25) is 0 Å². The summed E-state index contributed by atoms with van der Waals surface area (Å²) in [6, 6.07) is 3.90. The SMILES string of the molecule is CC(N)C1CCN(Cc2noc(-c3ccco3)n2)CC1. The third kappa shape index (κ3) is 2.91. The van der Waals surface area contributed by atoms with Crippen LogP contribution < -0.4 is 5.73 Å². The predicted molar refractivity (Wildman–Crippen MR) is 73.7 cm³/mol. The molecular formula is C14H20N4O2. The molecule has 2 N–H and O–H groups in total. The van der Waals surface area contributed by atoms with E-state index in [1.807, 2.05) is 6.07 Å². The van der Waals surface area contributed by atoms with E-state index in [4.69, 9.17) is 14.7 Å². The van der Waals surface area contributed by atoms with Crippen LogP contribution in [-0.2, 0) is 6.54 Å². The molecule has 0 aliphatic carbocycles. The van der Waals surface area contributed by atoms with Gasteiger partial charge in [-0.05, 0) is 50.9 Å². The third-order valence-corrected chi connectivity index (χ3v) is 3.94. The van der Waals surface area contributed by atoms with E-state index in [9.17, 15) is 0 Å². The Morgan fingerprint density at radius 3 is 2.90 bits per heavy atom. The minimum absolute atomic E-state index is 0.285. The monoisotopic (exact) mass is 276 g/mol. The summed E-state index contributed by atoms with van der Waals surface area (Å²) in [5.41, 5.74) is 5.95. The molecule has 3 rings (SSSR count). The standard InChI is InChI=1S/C14H20N4O2/c1-10(15)11-4-6-18(7-5-11)9-13-16-14(20-17-13)12-3-2-8-19-12/h2-3,8,10-11H,4-7,9,15H2,1H3. The smallest absolute Gasteiger partial charge is 0.293 e. The summed E-state index contributed by atoms with van der Waals surface area (Å²) in [6.45, 7) is 4.89. The van der Waals surface area contributed by atoms with Gasteiger partial charge in [-0.25, -0.2) is 0 Å². The minimum atomic E-state index is 0.285. The molecule has 0 aromatic carbocycles. The van der Waals surface area contributed by atoms with Crippen molar-refractivity contribution in [1.29, 1.82) is 0 Å². The maximum atomic E-state index is 5.95. The molecule has 1 fully saturated rings. The van der Waals surface area contributed by atoms with Gasteiger partial charge in [-0.2, -0.15) is 4.98 Å². The molecule has 6 heteroatoms. The fourth-order valence-corrected chi connectivity index (χ4v) is 2.66. The fourth-order valence-electron chi connectivity index (χ4n) is 2.66. The van der Waals surface area contributed by atoms with Crippen LogP contribution in [0.2, 0.25) is 0 Å². The van der Waals surface area contributed by atoms with Crippen molar-refractivity contribution in [2.75, 3.05) is 13.1 Å². The van der Waals surface area contributed by atoms with Crippen molar-refractivity contribution in [3.8, 4) is 11.7 Å². The normalized spacial score (nSPS) is 19.3. The molecular weight excluding hydrogens is 256 g/mol. The lowest BCUT2D eigenvalue weighted by Crippen LogP contribution is -2.39. The molecule has 1 atom stereocenters. The molecule has 108 valence electrons. The zero-order valence-corrected chi connectivity index (χ0v) is 11.7. The number of likely N-dealkylation sites (tertiary alicyclic amines) is 1. The average molecular weight is 276 g/mol. The Hall–Kier alpha value is -1.66. The van der Waals surface area contributed by atoms with Gasteiger partial charge < -0.3 is 14.7 Å². The highest BCUT2D eigenvalue weighted by Gasteiger charge is 2.23. The number of piperidine rings is 1. The van der Waals surface area contributed by atoms with Crippen molar-refractivity contribution in [1.82, 2.24) is 15.0 Å². The van der Waals surface area contributed by atoms with Gasteiger partial charge in [-0.15, -0.1) is 0 Å². The van der Waals surface area contributed by atoms with E-state index < -0.39 is 0 Å². The average Bonchev–Trinajstić information content (AvgIpc) is 3.09. The number of rotatable bonds is 4. The second-order valence-electron chi connectivity index (χ2n) is 5.47. The molecule has 3 heterocycles. The Morgan fingerprint density at radius 1 is 1.45 bits per heavy atom. The summed E-state index contributed by atoms with van der Waals surface area (Å²) >= 11 is 0. The highest BCUT2D eigenvalue weighted by Crippen LogP contribution is 2.21. The number of nitrogens with zero attached hydrogens (tertiary/aromatic N) is 3. The first kappa shape index (κ1) is 13.3. The first-order valence-corrected chi connectivity index (χ1v) is 7.07. The largest absolute Gasteiger partial charge is 0.459 e. The van der Waals surface area contributed by atoms with E-state index in [2.05, 4.69) is 22.0 Å². The van der Waals surface area contributed by atoms with Gasteiger partial charge in [0.15, 0.2) is 11.6 Å². The van der Waals surface area contributed by atoms with Gasteiger partial charge >= 0.3 is 0 Å². The third-order valence-electron chi connectivity index (χ3n) is 3.94. The van der Waals surface area contributed by atoms with E-state index in [-0.39, 0.29) is 6.04 Å². The van der Waals surface area contributed by atoms with Gasteiger partial charge in [-0.3, -0.25) is 4.90 Å². The van der Waals surface area contributed by atoms with Gasteiger partial charge in [0, 0.05) is 6.04 Å². The Morgan fingerprint density at radius 2 is 2.25 bits per heavy atom. The lowest BCUT2D eigenvalue weighted by atomic mass is 9.91. The van der Waals surface area contributed by atoms with Crippen molar-refractivity contribution in [2.24, 2.45) is 11.7 Å². The summed E-state index contributed by atoms with van der Waals surface area (Å²) in [4.78, 5) is 6.71. The topological polar surface area (TPSA) is 81.3 Å². The van der Waals surface area contributed by atoms with Crippen LogP contribution in [0.15, 0.2) is 27.3 Å². The Kier molecular flexibility index (Phi) is 3.84. The zero-order chi connectivity index (χ0) is 13.9. The van der Waals surface area contributed by atoms with E-state index in [1.54, 1.807) is 12.3 Å². The van der Waals surface area contributed by atoms with E-state index in [0.717, 1.165) is 32.5 Å². The van der Waals surface area contributed by atoms with Crippen molar-refractivity contribution >= 4 is 0 Å². The van der Waals surface area contributed by atoms with Gasteiger partial charge in [-0.1, -0.05) is 5.16 Å². The Bertz CT molecular complexity index is 527. The first-order valence-electron chi connectivity index (χ1n) is 7.07. The van der Waals surface area contributed by atoms with Crippen molar-refractivity contribution in [3.05, 3.63) is 24.2 Å². The number of furan rings is 1. The molecule has 0 bridgehead atoms. The van der Waals surface area contributed by atoms with Gasteiger partial charge in [0.25, 0.3) is 5.89 Å². The Labute approximate surface area is 117 Å². The molecule has 0 amide bonds. The van der Waals surface area contributed by atoms with Crippen LogP contribution in [0.5, 0.6) is 0 Å². The molecule has 1 aliphatic heterocycles. The van der Waals surface area contributed by atoms with Crippen LogP contribution in [0.1, 0.15) is 25.6 Å². The number of nitrogens with two attached hydrogens (primary N) is 1.